The van der Waals surface area contributed by atoms with Crippen molar-refractivity contribution in [3.63, 3.8) is 0 Å². The molecule has 7 heteroatoms. The summed E-state index contributed by atoms with van der Waals surface area (Å²) in [5, 5.41) is 0. The molecule has 2 aromatic carbocycles. The molecule has 0 aliphatic rings. The molecule has 2 rings (SSSR count). The van der Waals surface area contributed by atoms with Gasteiger partial charge in [-0.05, 0) is 84.0 Å². The second kappa shape index (κ2) is 9.11. The fraction of sp³-hybridized carbons (Fsp3) is 0.143. The van der Waals surface area contributed by atoms with Crippen LogP contribution in [0.25, 0.3) is 0 Å². The van der Waals surface area contributed by atoms with Gasteiger partial charge in [0.1, 0.15) is 6.67 Å². The normalized spacial score (nSPS) is 10.1. The van der Waals surface area contributed by atoms with Gasteiger partial charge in [-0.3, -0.25) is 0 Å². The van der Waals surface area contributed by atoms with Crippen molar-refractivity contribution in [2.24, 2.45) is 0 Å². The quantitative estimate of drug-likeness (QED) is 0.225. The molecule has 0 aliphatic carbocycles. The molecule has 0 nitrogen and oxygen atoms in total. The van der Waals surface area contributed by atoms with Gasteiger partial charge in [0.05, 0.1) is 8.95 Å². The average Bonchev–Trinajstić information content (AvgIpc) is 2.44. The Bertz CT molecular complexity index is 617. The largest absolute Gasteiger partial charge is 0.246 e. The van der Waals surface area contributed by atoms with Crippen LogP contribution in [-0.4, -0.2) is 0 Å². The molecule has 0 aliphatic heterocycles. The molecule has 0 unspecified atom stereocenters. The SMILES string of the molecule is Cc1cc(Br)c(F)c(Br)c1Br.FCc1ccc(Br)cc1Br. The lowest BCUT2D eigenvalue weighted by Crippen LogP contribution is -1.85. The third-order valence-electron chi connectivity index (χ3n) is 2.44. The van der Waals surface area contributed by atoms with Crippen molar-refractivity contribution in [2.75, 3.05) is 0 Å². The van der Waals surface area contributed by atoms with Crippen LogP contribution in [0.5, 0.6) is 0 Å². The van der Waals surface area contributed by atoms with Gasteiger partial charge in [-0.2, -0.15) is 0 Å². The predicted octanol–water partition coefficient (Wildman–Crippen LogP) is 8.10. The minimum Gasteiger partial charge on any atom is -0.246 e. The highest BCUT2D eigenvalue weighted by Gasteiger charge is 2.10. The Hall–Kier alpha value is 0.700. The molecule has 2 aromatic rings. The van der Waals surface area contributed by atoms with Gasteiger partial charge in [0.2, 0.25) is 0 Å². The lowest BCUT2D eigenvalue weighted by molar-refractivity contribution is 0.484. The van der Waals surface area contributed by atoms with E-state index in [9.17, 15) is 8.78 Å². The summed E-state index contributed by atoms with van der Waals surface area (Å²) in [7, 11) is 0. The second-order valence-corrected chi connectivity index (χ2v) is 8.20. The van der Waals surface area contributed by atoms with Gasteiger partial charge in [-0.15, -0.1) is 0 Å². The van der Waals surface area contributed by atoms with Crippen LogP contribution in [0.2, 0.25) is 0 Å². The van der Waals surface area contributed by atoms with Crippen LogP contribution in [0.1, 0.15) is 11.1 Å². The molecule has 0 bridgehead atoms. The molecule has 0 spiro atoms. The number of alkyl halides is 1. The predicted molar refractivity (Wildman–Crippen MR) is 101 cm³/mol. The van der Waals surface area contributed by atoms with E-state index in [0.29, 0.717) is 14.5 Å². The smallest absolute Gasteiger partial charge is 0.152 e. The monoisotopic (exact) mass is 610 g/mol. The van der Waals surface area contributed by atoms with Crippen molar-refractivity contribution in [2.45, 2.75) is 13.6 Å². The van der Waals surface area contributed by atoms with Crippen molar-refractivity contribution in [3.05, 3.63) is 63.6 Å². The van der Waals surface area contributed by atoms with Gasteiger partial charge in [-0.25, -0.2) is 8.78 Å². The summed E-state index contributed by atoms with van der Waals surface area (Å²) in [5.74, 6) is -0.275. The van der Waals surface area contributed by atoms with Crippen LogP contribution >= 0.6 is 79.6 Å². The first-order valence-electron chi connectivity index (χ1n) is 5.57. The molecule has 0 saturated carbocycles. The van der Waals surface area contributed by atoms with Gasteiger partial charge in [0, 0.05) is 13.4 Å². The van der Waals surface area contributed by atoms with E-state index in [1.807, 2.05) is 19.1 Å². The van der Waals surface area contributed by atoms with Gasteiger partial charge < -0.3 is 0 Å². The van der Waals surface area contributed by atoms with E-state index >= 15 is 0 Å². The number of aryl methyl sites for hydroxylation is 1. The molecule has 114 valence electrons. The summed E-state index contributed by atoms with van der Waals surface area (Å²) in [4.78, 5) is 0. The summed E-state index contributed by atoms with van der Waals surface area (Å²) >= 11 is 16.0. The van der Waals surface area contributed by atoms with Crippen LogP contribution in [0, 0.1) is 12.7 Å². The second-order valence-electron chi connectivity index (χ2n) is 3.99. The molecule has 0 atom stereocenters. The van der Waals surface area contributed by atoms with E-state index in [0.717, 1.165) is 19.0 Å². The van der Waals surface area contributed by atoms with E-state index in [4.69, 9.17) is 0 Å². The fourth-order valence-corrected chi connectivity index (χ4v) is 4.10. The topological polar surface area (TPSA) is 0 Å². The van der Waals surface area contributed by atoms with Gasteiger partial charge >= 0.3 is 0 Å². The first-order valence-corrected chi connectivity index (χ1v) is 9.54. The Balaban J connectivity index is 0.000000211. The molecule has 0 heterocycles. The highest BCUT2D eigenvalue weighted by Crippen LogP contribution is 2.33. The summed E-state index contributed by atoms with van der Waals surface area (Å²) < 4.78 is 28.6. The van der Waals surface area contributed by atoms with Gasteiger partial charge in [0.15, 0.2) is 5.82 Å². The van der Waals surface area contributed by atoms with Gasteiger partial charge in [-0.1, -0.05) is 37.9 Å². The van der Waals surface area contributed by atoms with Crippen LogP contribution in [0.4, 0.5) is 8.78 Å². The minimum absolute atomic E-state index is 0.275. The zero-order valence-electron chi connectivity index (χ0n) is 10.7. The highest BCUT2D eigenvalue weighted by molar-refractivity contribution is 9.13. The number of rotatable bonds is 1. The van der Waals surface area contributed by atoms with E-state index in [2.05, 4.69) is 79.6 Å². The van der Waals surface area contributed by atoms with Crippen LogP contribution in [0.15, 0.2) is 46.6 Å². The Labute approximate surface area is 164 Å². The maximum Gasteiger partial charge on any atom is 0.152 e. The molecule has 0 N–H and O–H groups in total. The van der Waals surface area contributed by atoms with E-state index in [1.165, 1.54) is 0 Å². The summed E-state index contributed by atoms with van der Waals surface area (Å²) in [5.41, 5.74) is 1.67. The number of halogens is 7. The summed E-state index contributed by atoms with van der Waals surface area (Å²) in [6, 6.07) is 7.12. The summed E-state index contributed by atoms with van der Waals surface area (Å²) in [6.45, 7) is 1.48. The minimum atomic E-state index is -0.423. The molecule has 0 fully saturated rings. The molecule has 0 amide bonds. The zero-order chi connectivity index (χ0) is 16.2. The van der Waals surface area contributed by atoms with Crippen molar-refractivity contribution in [3.8, 4) is 0 Å². The highest BCUT2D eigenvalue weighted by atomic mass is 79.9. The molecular formula is C14H9Br5F2. The zero-order valence-corrected chi connectivity index (χ0v) is 18.6. The van der Waals surface area contributed by atoms with Crippen LogP contribution < -0.4 is 0 Å². The number of hydrogen-bond donors (Lipinski definition) is 0. The third kappa shape index (κ3) is 5.68. The van der Waals surface area contributed by atoms with Crippen molar-refractivity contribution < 1.29 is 8.78 Å². The first kappa shape index (κ1) is 19.7. The Morgan fingerprint density at radius 1 is 0.905 bits per heavy atom. The maximum atomic E-state index is 13.0. The number of benzene rings is 2. The Morgan fingerprint density at radius 2 is 1.52 bits per heavy atom. The molecule has 0 radical (unpaired) electrons. The Morgan fingerprint density at radius 3 is 2.05 bits per heavy atom. The van der Waals surface area contributed by atoms with E-state index in [-0.39, 0.29) is 5.82 Å². The van der Waals surface area contributed by atoms with Crippen LogP contribution in [0.3, 0.4) is 0 Å². The lowest BCUT2D eigenvalue weighted by Gasteiger charge is -2.03. The fourth-order valence-electron chi connectivity index (χ4n) is 1.32. The standard InChI is InChI=1S/C7H4Br3F.C7H5Br2F/c1-3-2-4(8)7(11)6(10)5(3)9;8-6-2-1-5(4-10)7(9)3-6/h2H,1H3;1-3H,4H2. The number of hydrogen-bond acceptors (Lipinski definition) is 0. The average molecular weight is 615 g/mol. The van der Waals surface area contributed by atoms with Crippen molar-refractivity contribution >= 4 is 79.6 Å². The van der Waals surface area contributed by atoms with Crippen molar-refractivity contribution in [1.82, 2.24) is 0 Å². The lowest BCUT2D eigenvalue weighted by atomic mass is 10.2. The maximum absolute atomic E-state index is 13.0. The van der Waals surface area contributed by atoms with Crippen molar-refractivity contribution in [1.29, 1.82) is 0 Å². The molecule has 0 saturated heterocycles. The Kier molecular flexibility index (Phi) is 8.56. The van der Waals surface area contributed by atoms with E-state index in [1.54, 1.807) is 12.1 Å². The van der Waals surface area contributed by atoms with Crippen LogP contribution in [-0.2, 0) is 6.67 Å². The summed E-state index contributed by atoms with van der Waals surface area (Å²) in [6.07, 6.45) is 0. The van der Waals surface area contributed by atoms with E-state index < -0.39 is 6.67 Å². The first-order chi connectivity index (χ1) is 9.77. The molecular weight excluding hydrogens is 606 g/mol. The third-order valence-corrected chi connectivity index (χ3v) is 6.55. The van der Waals surface area contributed by atoms with Gasteiger partial charge in [0.25, 0.3) is 0 Å². The molecule has 21 heavy (non-hydrogen) atoms. The molecule has 0 aromatic heterocycles.